The van der Waals surface area contributed by atoms with Crippen LogP contribution in [0.1, 0.15) is 20.3 Å². The molecule has 0 heterocycles. The van der Waals surface area contributed by atoms with Gasteiger partial charge in [-0.1, -0.05) is 26.0 Å². The fourth-order valence-corrected chi connectivity index (χ4v) is 1.30. The van der Waals surface area contributed by atoms with Crippen molar-refractivity contribution in [1.29, 1.82) is 0 Å². The third-order valence-electron chi connectivity index (χ3n) is 2.45. The minimum Gasteiger partial charge on any atom is -0.481 e. The fourth-order valence-electron chi connectivity index (χ4n) is 1.30. The van der Waals surface area contributed by atoms with Gasteiger partial charge in [0, 0.05) is 6.54 Å². The van der Waals surface area contributed by atoms with Gasteiger partial charge in [-0.3, -0.25) is 9.59 Å². The predicted octanol–water partition coefficient (Wildman–Crippen LogP) is 0.964. The second-order valence-corrected chi connectivity index (χ2v) is 4.03. The molecule has 16 heavy (non-hydrogen) atoms. The molecule has 0 bridgehead atoms. The molecule has 0 saturated carbocycles. The van der Waals surface area contributed by atoms with Gasteiger partial charge in [0.25, 0.3) is 0 Å². The first-order chi connectivity index (χ1) is 7.34. The molecule has 0 aromatic carbocycles. The highest BCUT2D eigenvalue weighted by molar-refractivity contribution is 5.69. The average Bonchev–Trinajstić information content (AvgIpc) is 2.16. The first kappa shape index (κ1) is 14.6. The molecule has 2 unspecified atom stereocenters. The van der Waals surface area contributed by atoms with Crippen molar-refractivity contribution in [2.75, 3.05) is 13.1 Å². The van der Waals surface area contributed by atoms with E-state index >= 15 is 0 Å². The topological polar surface area (TPSA) is 86.6 Å². The van der Waals surface area contributed by atoms with Crippen molar-refractivity contribution in [3.8, 4) is 0 Å². The summed E-state index contributed by atoms with van der Waals surface area (Å²) < 4.78 is 0. The number of hydrogen-bond donors (Lipinski definition) is 3. The van der Waals surface area contributed by atoms with Crippen LogP contribution < -0.4 is 5.32 Å². The monoisotopic (exact) mass is 229 g/mol. The van der Waals surface area contributed by atoms with E-state index in [0.717, 1.165) is 5.57 Å². The van der Waals surface area contributed by atoms with Gasteiger partial charge in [-0.15, -0.1) is 0 Å². The summed E-state index contributed by atoms with van der Waals surface area (Å²) in [6, 6.07) is 0. The number of aliphatic carboxylic acids is 2. The van der Waals surface area contributed by atoms with E-state index in [9.17, 15) is 9.59 Å². The normalized spacial score (nSPS) is 14.1. The van der Waals surface area contributed by atoms with E-state index in [-0.39, 0.29) is 12.5 Å². The molecule has 5 nitrogen and oxygen atoms in total. The highest BCUT2D eigenvalue weighted by Crippen LogP contribution is 2.18. The standard InChI is InChI=1S/C11H19NO4/c1-7(4-8(2)11(15)16)9(3)5-12-6-10(13)14/h7-8,12H,3-6H2,1-2H3,(H,13,14)(H,15,16). The Kier molecular flexibility index (Phi) is 6.41. The highest BCUT2D eigenvalue weighted by Gasteiger charge is 2.16. The highest BCUT2D eigenvalue weighted by atomic mass is 16.4. The molecule has 0 radical (unpaired) electrons. The predicted molar refractivity (Wildman–Crippen MR) is 60.2 cm³/mol. The summed E-state index contributed by atoms with van der Waals surface area (Å²) in [5.74, 6) is -2.09. The number of carbonyl (C=O) groups is 2. The van der Waals surface area contributed by atoms with Gasteiger partial charge in [0.05, 0.1) is 12.5 Å². The van der Waals surface area contributed by atoms with Crippen molar-refractivity contribution >= 4 is 11.9 Å². The van der Waals surface area contributed by atoms with Gasteiger partial charge in [0.2, 0.25) is 0 Å². The van der Waals surface area contributed by atoms with Crippen molar-refractivity contribution in [2.45, 2.75) is 20.3 Å². The van der Waals surface area contributed by atoms with Crippen LogP contribution in [-0.2, 0) is 9.59 Å². The van der Waals surface area contributed by atoms with Crippen molar-refractivity contribution in [1.82, 2.24) is 5.32 Å². The van der Waals surface area contributed by atoms with E-state index in [1.165, 1.54) is 0 Å². The Balaban J connectivity index is 3.90. The lowest BCUT2D eigenvalue weighted by Crippen LogP contribution is -2.26. The minimum absolute atomic E-state index is 0.0624. The van der Waals surface area contributed by atoms with Crippen molar-refractivity contribution in [3.05, 3.63) is 12.2 Å². The molecule has 0 aromatic heterocycles. The molecule has 0 saturated heterocycles. The van der Waals surface area contributed by atoms with E-state index in [1.54, 1.807) is 6.92 Å². The van der Waals surface area contributed by atoms with Gasteiger partial charge in [-0.2, -0.15) is 0 Å². The van der Waals surface area contributed by atoms with Gasteiger partial charge < -0.3 is 15.5 Å². The van der Waals surface area contributed by atoms with Crippen molar-refractivity contribution in [2.24, 2.45) is 11.8 Å². The zero-order valence-corrected chi connectivity index (χ0v) is 9.69. The van der Waals surface area contributed by atoms with Gasteiger partial charge in [-0.25, -0.2) is 0 Å². The summed E-state index contributed by atoms with van der Waals surface area (Å²) in [5.41, 5.74) is 0.828. The smallest absolute Gasteiger partial charge is 0.317 e. The van der Waals surface area contributed by atoms with Crippen LogP contribution in [0.3, 0.4) is 0 Å². The van der Waals surface area contributed by atoms with Crippen LogP contribution in [0.5, 0.6) is 0 Å². The number of nitrogens with one attached hydrogen (secondary N) is 1. The maximum atomic E-state index is 10.6. The quantitative estimate of drug-likeness (QED) is 0.540. The molecule has 0 amide bonds. The van der Waals surface area contributed by atoms with Crippen LogP contribution in [0.2, 0.25) is 0 Å². The molecule has 0 aromatic rings. The minimum atomic E-state index is -0.917. The van der Waals surface area contributed by atoms with Crippen LogP contribution in [0, 0.1) is 11.8 Å². The largest absolute Gasteiger partial charge is 0.481 e. The Bertz CT molecular complexity index is 275. The molecule has 0 aliphatic carbocycles. The van der Waals surface area contributed by atoms with Gasteiger partial charge in [-0.05, 0) is 12.3 Å². The molecule has 0 fully saturated rings. The van der Waals surface area contributed by atoms with Gasteiger partial charge in [0.1, 0.15) is 0 Å². The Morgan fingerprint density at radius 3 is 2.19 bits per heavy atom. The molecule has 0 aliphatic rings. The SMILES string of the molecule is C=C(CNCC(=O)O)C(C)CC(C)C(=O)O. The van der Waals surface area contributed by atoms with Gasteiger partial charge >= 0.3 is 11.9 Å². The maximum Gasteiger partial charge on any atom is 0.317 e. The molecule has 0 aliphatic heterocycles. The summed E-state index contributed by atoms with van der Waals surface area (Å²) >= 11 is 0. The van der Waals surface area contributed by atoms with Crippen LogP contribution in [0.4, 0.5) is 0 Å². The second-order valence-electron chi connectivity index (χ2n) is 4.03. The molecular formula is C11H19NO4. The lowest BCUT2D eigenvalue weighted by atomic mass is 9.92. The average molecular weight is 229 g/mol. The second kappa shape index (κ2) is 7.00. The number of carboxylic acid groups (broad SMARTS) is 2. The van der Waals surface area contributed by atoms with Crippen LogP contribution >= 0.6 is 0 Å². The molecule has 0 rings (SSSR count). The summed E-state index contributed by atoms with van der Waals surface area (Å²) in [4.78, 5) is 20.9. The van der Waals surface area contributed by atoms with E-state index in [0.29, 0.717) is 13.0 Å². The lowest BCUT2D eigenvalue weighted by molar-refractivity contribution is -0.141. The van der Waals surface area contributed by atoms with Crippen molar-refractivity contribution < 1.29 is 19.8 Å². The molecule has 92 valence electrons. The molecule has 3 N–H and O–H groups in total. The Labute approximate surface area is 95.2 Å². The third kappa shape index (κ3) is 6.19. The molecule has 5 heteroatoms. The Morgan fingerprint density at radius 2 is 1.75 bits per heavy atom. The lowest BCUT2D eigenvalue weighted by Gasteiger charge is -2.17. The molecular weight excluding hydrogens is 210 g/mol. The number of carboxylic acids is 2. The molecule has 0 spiro atoms. The third-order valence-corrected chi connectivity index (χ3v) is 2.45. The number of rotatable bonds is 8. The number of hydrogen-bond acceptors (Lipinski definition) is 3. The Morgan fingerprint density at radius 1 is 1.19 bits per heavy atom. The molecule has 2 atom stereocenters. The fraction of sp³-hybridized carbons (Fsp3) is 0.636. The van der Waals surface area contributed by atoms with Crippen LogP contribution in [0.25, 0.3) is 0 Å². The summed E-state index contributed by atoms with van der Waals surface area (Å²) in [5, 5.41) is 19.9. The van der Waals surface area contributed by atoms with Crippen LogP contribution in [-0.4, -0.2) is 35.2 Å². The summed E-state index contributed by atoms with van der Waals surface area (Å²) in [6.45, 7) is 7.65. The summed E-state index contributed by atoms with van der Waals surface area (Å²) in [6.07, 6.45) is 0.517. The van der Waals surface area contributed by atoms with Crippen molar-refractivity contribution in [3.63, 3.8) is 0 Å². The zero-order chi connectivity index (χ0) is 12.7. The Hall–Kier alpha value is -1.36. The van der Waals surface area contributed by atoms with E-state index < -0.39 is 17.9 Å². The van der Waals surface area contributed by atoms with Crippen LogP contribution in [0.15, 0.2) is 12.2 Å². The first-order valence-corrected chi connectivity index (χ1v) is 5.17. The first-order valence-electron chi connectivity index (χ1n) is 5.17. The van der Waals surface area contributed by atoms with Gasteiger partial charge in [0.15, 0.2) is 0 Å². The van der Waals surface area contributed by atoms with E-state index in [1.807, 2.05) is 6.92 Å². The maximum absolute atomic E-state index is 10.6. The summed E-state index contributed by atoms with van der Waals surface area (Å²) in [7, 11) is 0. The van der Waals surface area contributed by atoms with E-state index in [2.05, 4.69) is 11.9 Å². The van der Waals surface area contributed by atoms with E-state index in [4.69, 9.17) is 10.2 Å². The zero-order valence-electron chi connectivity index (χ0n) is 9.69.